The molecule has 0 atom stereocenters. The summed E-state index contributed by atoms with van der Waals surface area (Å²) in [4.78, 5) is 23.4. The van der Waals surface area contributed by atoms with Crippen molar-refractivity contribution in [1.29, 1.82) is 0 Å². The van der Waals surface area contributed by atoms with Crippen molar-refractivity contribution >= 4 is 27.4 Å². The number of hydrogen-bond donors (Lipinski definition) is 2. The van der Waals surface area contributed by atoms with Gasteiger partial charge in [0.1, 0.15) is 0 Å². The Balaban J connectivity index is 2.08. The van der Waals surface area contributed by atoms with Gasteiger partial charge in [0.05, 0.1) is 23.0 Å². The summed E-state index contributed by atoms with van der Waals surface area (Å²) in [6.07, 6.45) is -0.123. The highest BCUT2D eigenvalue weighted by Gasteiger charge is 2.19. The van der Waals surface area contributed by atoms with Crippen LogP contribution in [-0.4, -0.2) is 30.7 Å². The molecule has 0 aliphatic heterocycles. The Morgan fingerprint density at radius 1 is 1.00 bits per heavy atom. The van der Waals surface area contributed by atoms with Crippen molar-refractivity contribution in [3.8, 4) is 0 Å². The van der Waals surface area contributed by atoms with Gasteiger partial charge in [0.15, 0.2) is 9.84 Å². The van der Waals surface area contributed by atoms with Crippen LogP contribution in [-0.2, 0) is 32.3 Å². The molecule has 0 bridgehead atoms. The van der Waals surface area contributed by atoms with Crippen LogP contribution in [0, 0.1) is 0 Å². The van der Waals surface area contributed by atoms with E-state index >= 15 is 0 Å². The summed E-state index contributed by atoms with van der Waals surface area (Å²) in [7, 11) is -3.34. The lowest BCUT2D eigenvalue weighted by Crippen LogP contribution is -2.17. The molecule has 2 rings (SSSR count). The zero-order valence-electron chi connectivity index (χ0n) is 14.6. The van der Waals surface area contributed by atoms with Crippen LogP contribution in [0.2, 0.25) is 0 Å². The van der Waals surface area contributed by atoms with Crippen molar-refractivity contribution < 1.29 is 23.1 Å². The van der Waals surface area contributed by atoms with E-state index < -0.39 is 21.1 Å². The number of sulfone groups is 1. The number of rotatable bonds is 7. The summed E-state index contributed by atoms with van der Waals surface area (Å²) in [5, 5.41) is 11.1. The molecule has 0 spiro atoms. The maximum atomic E-state index is 12.2. The van der Waals surface area contributed by atoms with Crippen LogP contribution in [0.4, 0.5) is 5.69 Å². The van der Waals surface area contributed by atoms with Gasteiger partial charge in [0.2, 0.25) is 5.91 Å². The lowest BCUT2D eigenvalue weighted by atomic mass is 10.1. The topological polar surface area (TPSA) is 101 Å². The van der Waals surface area contributed by atoms with Crippen molar-refractivity contribution in [1.82, 2.24) is 0 Å². The number of aliphatic carboxylic acids is 1. The number of carbonyl (C=O) groups excluding carboxylic acids is 1. The van der Waals surface area contributed by atoms with E-state index in [4.69, 9.17) is 5.11 Å². The van der Waals surface area contributed by atoms with Gasteiger partial charge in [-0.05, 0) is 43.2 Å². The summed E-state index contributed by atoms with van der Waals surface area (Å²) in [6, 6.07) is 12.9. The van der Waals surface area contributed by atoms with Crippen LogP contribution in [0.3, 0.4) is 0 Å². The number of para-hydroxylation sites is 1. The van der Waals surface area contributed by atoms with E-state index in [0.717, 1.165) is 0 Å². The molecule has 0 aliphatic rings. The standard InChI is InChI=1S/C19H21NO5S/c1-13(2)26(24,25)16-9-7-14(8-10-16)11-18(21)20-17-6-4-3-5-15(17)12-19(22)23/h3-10,13H,11-12H2,1-2H3,(H,20,21)(H,22,23). The Labute approximate surface area is 152 Å². The molecule has 0 aromatic heterocycles. The van der Waals surface area contributed by atoms with E-state index in [1.54, 1.807) is 50.2 Å². The van der Waals surface area contributed by atoms with Crippen LogP contribution in [0.15, 0.2) is 53.4 Å². The van der Waals surface area contributed by atoms with Gasteiger partial charge in [-0.3, -0.25) is 9.59 Å². The third-order valence-electron chi connectivity index (χ3n) is 3.87. The second-order valence-corrected chi connectivity index (χ2v) is 8.69. The van der Waals surface area contributed by atoms with Crippen LogP contribution >= 0.6 is 0 Å². The van der Waals surface area contributed by atoms with Crippen molar-refractivity contribution in [2.75, 3.05) is 5.32 Å². The minimum absolute atomic E-state index is 0.0589. The average Bonchev–Trinajstić information content (AvgIpc) is 2.56. The molecule has 2 aromatic rings. The number of nitrogens with one attached hydrogen (secondary N) is 1. The third-order valence-corrected chi connectivity index (χ3v) is 6.04. The Hall–Kier alpha value is -2.67. The Morgan fingerprint density at radius 2 is 1.62 bits per heavy atom. The van der Waals surface area contributed by atoms with Gasteiger partial charge in [-0.25, -0.2) is 8.42 Å². The smallest absolute Gasteiger partial charge is 0.307 e. The normalized spacial score (nSPS) is 11.3. The molecule has 0 saturated carbocycles. The molecule has 0 heterocycles. The summed E-state index contributed by atoms with van der Waals surface area (Å²) < 4.78 is 24.2. The van der Waals surface area contributed by atoms with Gasteiger partial charge in [0, 0.05) is 5.69 Å². The summed E-state index contributed by atoms with van der Waals surface area (Å²) >= 11 is 0. The van der Waals surface area contributed by atoms with Crippen LogP contribution in [0.5, 0.6) is 0 Å². The van der Waals surface area contributed by atoms with Gasteiger partial charge in [-0.15, -0.1) is 0 Å². The Bertz CT molecular complexity index is 902. The van der Waals surface area contributed by atoms with Crippen LogP contribution in [0.25, 0.3) is 0 Å². The molecule has 2 N–H and O–H groups in total. The Kier molecular flexibility index (Phi) is 6.15. The number of amides is 1. The number of benzene rings is 2. The van der Waals surface area contributed by atoms with E-state index in [2.05, 4.69) is 5.32 Å². The zero-order valence-corrected chi connectivity index (χ0v) is 15.4. The van der Waals surface area contributed by atoms with Crippen molar-refractivity contribution in [2.45, 2.75) is 36.8 Å². The third kappa shape index (κ3) is 4.92. The minimum Gasteiger partial charge on any atom is -0.481 e. The van der Waals surface area contributed by atoms with Gasteiger partial charge >= 0.3 is 5.97 Å². The van der Waals surface area contributed by atoms with E-state index in [1.807, 2.05) is 0 Å². The highest BCUT2D eigenvalue weighted by molar-refractivity contribution is 7.92. The van der Waals surface area contributed by atoms with Gasteiger partial charge in [-0.2, -0.15) is 0 Å². The molecule has 26 heavy (non-hydrogen) atoms. The maximum absolute atomic E-state index is 12.2. The molecular weight excluding hydrogens is 354 g/mol. The molecule has 0 saturated heterocycles. The first-order chi connectivity index (χ1) is 12.2. The SMILES string of the molecule is CC(C)S(=O)(=O)c1ccc(CC(=O)Nc2ccccc2CC(=O)O)cc1. The number of hydrogen-bond acceptors (Lipinski definition) is 4. The molecular formula is C19H21NO5S. The van der Waals surface area contributed by atoms with E-state index in [0.29, 0.717) is 16.8 Å². The predicted molar refractivity (Wildman–Crippen MR) is 98.9 cm³/mol. The highest BCUT2D eigenvalue weighted by atomic mass is 32.2. The van der Waals surface area contributed by atoms with Crippen LogP contribution in [0.1, 0.15) is 25.0 Å². The molecule has 0 radical (unpaired) electrons. The first-order valence-electron chi connectivity index (χ1n) is 8.12. The number of anilines is 1. The second-order valence-electron chi connectivity index (χ2n) is 6.19. The molecule has 7 heteroatoms. The van der Waals surface area contributed by atoms with Crippen molar-refractivity contribution in [3.63, 3.8) is 0 Å². The van der Waals surface area contributed by atoms with Gasteiger partial charge < -0.3 is 10.4 Å². The lowest BCUT2D eigenvalue weighted by Gasteiger charge is -2.11. The lowest BCUT2D eigenvalue weighted by molar-refractivity contribution is -0.136. The van der Waals surface area contributed by atoms with Gasteiger partial charge in [-0.1, -0.05) is 30.3 Å². The molecule has 0 unspecified atom stereocenters. The first kappa shape index (κ1) is 19.7. The first-order valence-corrected chi connectivity index (χ1v) is 9.67. The number of carboxylic acids is 1. The fraction of sp³-hybridized carbons (Fsp3) is 0.263. The average molecular weight is 375 g/mol. The Morgan fingerprint density at radius 3 is 2.19 bits per heavy atom. The summed E-state index contributed by atoms with van der Waals surface area (Å²) in [5.41, 5.74) is 1.64. The molecule has 1 amide bonds. The van der Waals surface area contributed by atoms with E-state index in [-0.39, 0.29) is 23.6 Å². The van der Waals surface area contributed by atoms with E-state index in [9.17, 15) is 18.0 Å². The highest BCUT2D eigenvalue weighted by Crippen LogP contribution is 2.18. The fourth-order valence-electron chi connectivity index (χ4n) is 2.41. The second kappa shape index (κ2) is 8.14. The van der Waals surface area contributed by atoms with Crippen molar-refractivity contribution in [3.05, 3.63) is 59.7 Å². The van der Waals surface area contributed by atoms with Crippen molar-refractivity contribution in [2.24, 2.45) is 0 Å². The largest absolute Gasteiger partial charge is 0.481 e. The number of carbonyl (C=O) groups is 2. The molecule has 0 aliphatic carbocycles. The van der Waals surface area contributed by atoms with Crippen LogP contribution < -0.4 is 5.32 Å². The summed E-state index contributed by atoms with van der Waals surface area (Å²) in [5.74, 6) is -1.28. The minimum atomic E-state index is -3.34. The number of carboxylic acid groups (broad SMARTS) is 1. The molecule has 2 aromatic carbocycles. The molecule has 6 nitrogen and oxygen atoms in total. The predicted octanol–water partition coefficient (Wildman–Crippen LogP) is 2.68. The van der Waals surface area contributed by atoms with Gasteiger partial charge in [0.25, 0.3) is 0 Å². The molecule has 0 fully saturated rings. The molecule has 138 valence electrons. The maximum Gasteiger partial charge on any atom is 0.307 e. The van der Waals surface area contributed by atoms with E-state index in [1.165, 1.54) is 12.1 Å². The quantitative estimate of drug-likeness (QED) is 0.775. The summed E-state index contributed by atoms with van der Waals surface area (Å²) in [6.45, 7) is 3.23. The zero-order chi connectivity index (χ0) is 19.3. The fourth-order valence-corrected chi connectivity index (χ4v) is 3.47. The monoisotopic (exact) mass is 375 g/mol.